The Labute approximate surface area is 125 Å². The Balaban J connectivity index is 1.61. The van der Waals surface area contributed by atoms with Crippen LogP contribution in [-0.4, -0.2) is 10.9 Å². The van der Waals surface area contributed by atoms with E-state index in [2.05, 4.69) is 10.3 Å². The largest absolute Gasteiger partial charge is 0.417 e. The van der Waals surface area contributed by atoms with Crippen LogP contribution in [0.1, 0.15) is 23.5 Å². The predicted molar refractivity (Wildman–Crippen MR) is 75.2 cm³/mol. The van der Waals surface area contributed by atoms with Crippen molar-refractivity contribution in [3.63, 3.8) is 0 Å². The number of alkyl halides is 3. The Morgan fingerprint density at radius 2 is 1.86 bits per heavy atom. The van der Waals surface area contributed by atoms with Crippen LogP contribution in [0.2, 0.25) is 0 Å². The van der Waals surface area contributed by atoms with Gasteiger partial charge in [-0.15, -0.1) is 0 Å². The molecule has 1 amide bonds. The minimum atomic E-state index is -4.43. The summed E-state index contributed by atoms with van der Waals surface area (Å²) in [7, 11) is 0. The third-order valence-electron chi connectivity index (χ3n) is 3.70. The molecule has 1 aromatic carbocycles. The summed E-state index contributed by atoms with van der Waals surface area (Å²) in [6.07, 6.45) is -2.96. The first-order valence-corrected chi connectivity index (χ1v) is 6.84. The fraction of sp³-hybridized carbons (Fsp3) is 0.250. The summed E-state index contributed by atoms with van der Waals surface area (Å²) < 4.78 is 37.3. The van der Waals surface area contributed by atoms with Crippen LogP contribution in [-0.2, 0) is 11.0 Å². The van der Waals surface area contributed by atoms with Crippen LogP contribution < -0.4 is 5.32 Å². The summed E-state index contributed by atoms with van der Waals surface area (Å²) >= 11 is 0. The van der Waals surface area contributed by atoms with Crippen LogP contribution in [0.25, 0.3) is 0 Å². The third kappa shape index (κ3) is 3.10. The Morgan fingerprint density at radius 3 is 2.45 bits per heavy atom. The van der Waals surface area contributed by atoms with E-state index in [9.17, 15) is 18.0 Å². The van der Waals surface area contributed by atoms with Crippen molar-refractivity contribution in [3.05, 3.63) is 59.8 Å². The zero-order valence-electron chi connectivity index (χ0n) is 11.5. The number of hydrogen-bond acceptors (Lipinski definition) is 2. The SMILES string of the molecule is O=C(Nc1ccc(C(F)(F)F)cn1)[C@@H]1C[C@H]1c1ccccc1. The van der Waals surface area contributed by atoms with Crippen molar-refractivity contribution >= 4 is 11.7 Å². The number of amides is 1. The summed E-state index contributed by atoms with van der Waals surface area (Å²) in [5.74, 6) is -0.0417. The van der Waals surface area contributed by atoms with Gasteiger partial charge in [0, 0.05) is 12.1 Å². The number of nitrogens with zero attached hydrogens (tertiary/aromatic N) is 1. The van der Waals surface area contributed by atoms with Gasteiger partial charge in [0.15, 0.2) is 0 Å². The van der Waals surface area contributed by atoms with Crippen molar-refractivity contribution in [2.45, 2.75) is 18.5 Å². The molecule has 1 aliphatic carbocycles. The summed E-state index contributed by atoms with van der Waals surface area (Å²) in [5.41, 5.74) is 0.266. The van der Waals surface area contributed by atoms with E-state index in [-0.39, 0.29) is 23.6 Å². The summed E-state index contributed by atoms with van der Waals surface area (Å²) in [4.78, 5) is 15.7. The number of nitrogens with one attached hydrogen (secondary N) is 1. The Kier molecular flexibility index (Phi) is 3.60. The van der Waals surface area contributed by atoms with E-state index in [4.69, 9.17) is 0 Å². The molecule has 0 saturated heterocycles. The minimum Gasteiger partial charge on any atom is -0.310 e. The topological polar surface area (TPSA) is 42.0 Å². The zero-order valence-corrected chi connectivity index (χ0v) is 11.5. The van der Waals surface area contributed by atoms with Crippen LogP contribution in [0.5, 0.6) is 0 Å². The first-order chi connectivity index (χ1) is 10.4. The van der Waals surface area contributed by atoms with Crippen LogP contribution in [0.15, 0.2) is 48.7 Å². The van der Waals surface area contributed by atoms with Crippen LogP contribution in [0.4, 0.5) is 19.0 Å². The van der Waals surface area contributed by atoms with E-state index in [1.165, 1.54) is 6.07 Å². The standard InChI is InChI=1S/C16H13F3N2O/c17-16(18,19)11-6-7-14(20-9-11)21-15(22)13-8-12(13)10-4-2-1-3-5-10/h1-7,9,12-13H,8H2,(H,20,21,22)/t12-,13+/m0/s1. The van der Waals surface area contributed by atoms with Crippen LogP contribution >= 0.6 is 0 Å². The lowest BCUT2D eigenvalue weighted by molar-refractivity contribution is -0.137. The lowest BCUT2D eigenvalue weighted by atomic mass is 10.1. The van der Waals surface area contributed by atoms with Crippen molar-refractivity contribution in [2.75, 3.05) is 5.32 Å². The number of anilines is 1. The van der Waals surface area contributed by atoms with Gasteiger partial charge < -0.3 is 5.32 Å². The van der Waals surface area contributed by atoms with Crippen molar-refractivity contribution in [1.82, 2.24) is 4.98 Å². The smallest absolute Gasteiger partial charge is 0.310 e. The summed E-state index contributed by atoms with van der Waals surface area (Å²) in [6.45, 7) is 0. The molecule has 0 spiro atoms. The fourth-order valence-corrected chi connectivity index (χ4v) is 2.41. The molecule has 1 N–H and O–H groups in total. The highest BCUT2D eigenvalue weighted by molar-refractivity contribution is 5.94. The van der Waals surface area contributed by atoms with Gasteiger partial charge in [-0.3, -0.25) is 4.79 Å². The van der Waals surface area contributed by atoms with Gasteiger partial charge in [-0.25, -0.2) is 4.98 Å². The molecule has 1 heterocycles. The van der Waals surface area contributed by atoms with Gasteiger partial charge in [-0.1, -0.05) is 30.3 Å². The fourth-order valence-electron chi connectivity index (χ4n) is 2.41. The number of carbonyl (C=O) groups excluding carboxylic acids is 1. The number of carbonyl (C=O) groups is 1. The number of halogens is 3. The molecule has 114 valence electrons. The van der Waals surface area contributed by atoms with Gasteiger partial charge in [0.1, 0.15) is 5.82 Å². The number of aromatic nitrogens is 1. The van der Waals surface area contributed by atoms with E-state index in [1.807, 2.05) is 30.3 Å². The van der Waals surface area contributed by atoms with Gasteiger partial charge in [0.25, 0.3) is 0 Å². The first-order valence-electron chi connectivity index (χ1n) is 6.84. The van der Waals surface area contributed by atoms with E-state index >= 15 is 0 Å². The zero-order chi connectivity index (χ0) is 15.7. The summed E-state index contributed by atoms with van der Waals surface area (Å²) in [6, 6.07) is 11.8. The molecule has 2 atom stereocenters. The van der Waals surface area contributed by atoms with Gasteiger partial charge in [0.2, 0.25) is 5.91 Å². The van der Waals surface area contributed by atoms with E-state index in [0.717, 1.165) is 24.2 Å². The molecule has 0 unspecified atom stereocenters. The van der Waals surface area contributed by atoms with E-state index in [1.54, 1.807) is 0 Å². The van der Waals surface area contributed by atoms with Crippen LogP contribution in [0.3, 0.4) is 0 Å². The molecule has 1 aromatic heterocycles. The number of benzene rings is 1. The lowest BCUT2D eigenvalue weighted by Gasteiger charge is -2.08. The normalized spacial score (nSPS) is 20.5. The molecule has 1 fully saturated rings. The average Bonchev–Trinajstić information content (AvgIpc) is 3.28. The molecule has 1 saturated carbocycles. The van der Waals surface area contributed by atoms with Gasteiger partial charge in [-0.05, 0) is 30.0 Å². The minimum absolute atomic E-state index is 0.136. The molecule has 0 radical (unpaired) electrons. The molecule has 6 heteroatoms. The van der Waals surface area contributed by atoms with Gasteiger partial charge in [0.05, 0.1) is 5.56 Å². The second-order valence-electron chi connectivity index (χ2n) is 5.28. The molecular weight excluding hydrogens is 293 g/mol. The number of rotatable bonds is 3. The number of pyridine rings is 1. The molecule has 2 aromatic rings. The van der Waals surface area contributed by atoms with Gasteiger partial charge in [-0.2, -0.15) is 13.2 Å². The average molecular weight is 306 g/mol. The molecular formula is C16H13F3N2O. The van der Waals surface area contributed by atoms with E-state index < -0.39 is 11.7 Å². The van der Waals surface area contributed by atoms with Crippen molar-refractivity contribution in [2.24, 2.45) is 5.92 Å². The van der Waals surface area contributed by atoms with Crippen molar-refractivity contribution in [1.29, 1.82) is 0 Å². The van der Waals surface area contributed by atoms with Gasteiger partial charge >= 0.3 is 6.18 Å². The Bertz CT molecular complexity index is 668. The quantitative estimate of drug-likeness (QED) is 0.936. The second kappa shape index (κ2) is 5.44. The highest BCUT2D eigenvalue weighted by Crippen LogP contribution is 2.47. The molecule has 22 heavy (non-hydrogen) atoms. The first kappa shape index (κ1) is 14.6. The van der Waals surface area contributed by atoms with Crippen LogP contribution in [0, 0.1) is 5.92 Å². The highest BCUT2D eigenvalue weighted by atomic mass is 19.4. The molecule has 3 rings (SSSR count). The maximum absolute atomic E-state index is 12.4. The highest BCUT2D eigenvalue weighted by Gasteiger charge is 2.43. The summed E-state index contributed by atoms with van der Waals surface area (Å²) in [5, 5.41) is 2.56. The molecule has 3 nitrogen and oxygen atoms in total. The molecule has 0 bridgehead atoms. The Morgan fingerprint density at radius 1 is 1.14 bits per heavy atom. The van der Waals surface area contributed by atoms with Crippen molar-refractivity contribution in [3.8, 4) is 0 Å². The maximum Gasteiger partial charge on any atom is 0.417 e. The maximum atomic E-state index is 12.4. The third-order valence-corrected chi connectivity index (χ3v) is 3.70. The Hall–Kier alpha value is -2.37. The van der Waals surface area contributed by atoms with E-state index in [0.29, 0.717) is 0 Å². The van der Waals surface area contributed by atoms with Crippen molar-refractivity contribution < 1.29 is 18.0 Å². The monoisotopic (exact) mass is 306 g/mol. The molecule has 0 aliphatic heterocycles. The predicted octanol–water partition coefficient (Wildman–Crippen LogP) is 3.84. The second-order valence-corrected chi connectivity index (χ2v) is 5.28. The number of hydrogen-bond donors (Lipinski definition) is 1. The molecule has 1 aliphatic rings. The lowest BCUT2D eigenvalue weighted by Crippen LogP contribution is -2.16.